The second kappa shape index (κ2) is 5.59. The quantitative estimate of drug-likeness (QED) is 0.785. The van der Waals surface area contributed by atoms with E-state index in [-0.39, 0.29) is 5.56 Å². The van der Waals surface area contributed by atoms with Crippen LogP contribution in [0.15, 0.2) is 36.0 Å². The molecule has 1 atom stereocenters. The molecule has 1 amide bonds. The molecular weight excluding hydrogens is 266 g/mol. The zero-order valence-corrected chi connectivity index (χ0v) is 10.6. The molecule has 0 saturated carbocycles. The lowest BCUT2D eigenvalue weighted by molar-refractivity contribution is -0.117. The molecular formula is C12H11N3O3S. The molecule has 0 fully saturated rings. The van der Waals surface area contributed by atoms with Gasteiger partial charge in [0.2, 0.25) is 5.91 Å². The minimum Gasteiger partial charge on any atom is -0.478 e. The van der Waals surface area contributed by atoms with Crippen molar-refractivity contribution in [1.82, 2.24) is 4.98 Å². The molecule has 0 saturated heterocycles. The van der Waals surface area contributed by atoms with Crippen LogP contribution in [0.25, 0.3) is 0 Å². The average Bonchev–Trinajstić information content (AvgIpc) is 2.92. The molecule has 2 aromatic rings. The highest BCUT2D eigenvalue weighted by Crippen LogP contribution is 2.18. The summed E-state index contributed by atoms with van der Waals surface area (Å²) in [7, 11) is 0. The summed E-state index contributed by atoms with van der Waals surface area (Å²) in [6.45, 7) is 0. The highest BCUT2D eigenvalue weighted by atomic mass is 32.1. The minimum absolute atomic E-state index is 0.00231. The maximum Gasteiger partial charge on any atom is 0.337 e. The van der Waals surface area contributed by atoms with Gasteiger partial charge < -0.3 is 16.2 Å². The van der Waals surface area contributed by atoms with E-state index < -0.39 is 17.9 Å². The van der Waals surface area contributed by atoms with E-state index in [1.807, 2.05) is 5.38 Å². The zero-order valence-electron chi connectivity index (χ0n) is 9.74. The van der Waals surface area contributed by atoms with E-state index in [0.29, 0.717) is 5.69 Å². The fourth-order valence-electron chi connectivity index (χ4n) is 1.44. The summed E-state index contributed by atoms with van der Waals surface area (Å²) in [5.41, 5.74) is 6.10. The molecule has 19 heavy (non-hydrogen) atoms. The van der Waals surface area contributed by atoms with Gasteiger partial charge in [-0.15, -0.1) is 11.3 Å². The van der Waals surface area contributed by atoms with E-state index >= 15 is 0 Å². The number of anilines is 1. The number of nitrogens with one attached hydrogen (secondary N) is 1. The lowest BCUT2D eigenvalue weighted by Crippen LogP contribution is -2.27. The number of pyridine rings is 1. The standard InChI is InChI=1S/C12H11N3O3S/c13-10(9-2-1-3-19-9)11(16)15-8-4-7(12(17)18)5-14-6-8/h1-6,10H,13H2,(H,15,16)(H,17,18). The number of aromatic carboxylic acids is 1. The van der Waals surface area contributed by atoms with Crippen LogP contribution in [0.3, 0.4) is 0 Å². The summed E-state index contributed by atoms with van der Waals surface area (Å²) in [5.74, 6) is -1.52. The van der Waals surface area contributed by atoms with E-state index in [1.54, 1.807) is 12.1 Å². The van der Waals surface area contributed by atoms with Crippen LogP contribution >= 0.6 is 11.3 Å². The lowest BCUT2D eigenvalue weighted by Gasteiger charge is -2.10. The molecule has 0 radical (unpaired) electrons. The summed E-state index contributed by atoms with van der Waals surface area (Å²) in [6, 6.07) is 4.11. The molecule has 4 N–H and O–H groups in total. The van der Waals surface area contributed by atoms with Crippen LogP contribution in [-0.2, 0) is 4.79 Å². The third-order valence-electron chi connectivity index (χ3n) is 2.38. The highest BCUT2D eigenvalue weighted by Gasteiger charge is 2.17. The Bertz CT molecular complexity index is 598. The number of thiophene rings is 1. The van der Waals surface area contributed by atoms with Crippen molar-refractivity contribution in [2.45, 2.75) is 6.04 Å². The van der Waals surface area contributed by atoms with E-state index in [1.165, 1.54) is 29.8 Å². The van der Waals surface area contributed by atoms with Crippen molar-refractivity contribution in [2.75, 3.05) is 5.32 Å². The number of hydrogen-bond donors (Lipinski definition) is 3. The second-order valence-corrected chi connectivity index (χ2v) is 4.73. The number of carbonyl (C=O) groups is 2. The van der Waals surface area contributed by atoms with Gasteiger partial charge in [0.25, 0.3) is 0 Å². The van der Waals surface area contributed by atoms with Crippen LogP contribution in [0.2, 0.25) is 0 Å². The molecule has 0 aliphatic heterocycles. The van der Waals surface area contributed by atoms with E-state index in [0.717, 1.165) is 4.88 Å². The van der Waals surface area contributed by atoms with E-state index in [4.69, 9.17) is 10.8 Å². The first kappa shape index (κ1) is 13.2. The number of carboxylic acid groups (broad SMARTS) is 1. The van der Waals surface area contributed by atoms with Crippen molar-refractivity contribution in [3.8, 4) is 0 Å². The molecule has 7 heteroatoms. The SMILES string of the molecule is NC(C(=O)Nc1cncc(C(=O)O)c1)c1cccs1. The van der Waals surface area contributed by atoms with Crippen LogP contribution in [0.5, 0.6) is 0 Å². The number of aromatic nitrogens is 1. The van der Waals surface area contributed by atoms with Crippen molar-refractivity contribution in [3.05, 3.63) is 46.4 Å². The maximum absolute atomic E-state index is 11.9. The van der Waals surface area contributed by atoms with Gasteiger partial charge in [-0.3, -0.25) is 9.78 Å². The van der Waals surface area contributed by atoms with Gasteiger partial charge in [-0.05, 0) is 17.5 Å². The van der Waals surface area contributed by atoms with Gasteiger partial charge in [-0.25, -0.2) is 4.79 Å². The number of carboxylic acids is 1. The second-order valence-electron chi connectivity index (χ2n) is 3.75. The van der Waals surface area contributed by atoms with Crippen molar-refractivity contribution in [3.63, 3.8) is 0 Å². The molecule has 2 rings (SSSR count). The first-order valence-corrected chi connectivity index (χ1v) is 6.24. The summed E-state index contributed by atoms with van der Waals surface area (Å²) in [5, 5.41) is 13.2. The summed E-state index contributed by atoms with van der Waals surface area (Å²) in [4.78, 5) is 27.2. The molecule has 0 aromatic carbocycles. The van der Waals surface area contributed by atoms with Crippen LogP contribution in [0.4, 0.5) is 5.69 Å². The molecule has 1 unspecified atom stereocenters. The number of nitrogens with two attached hydrogens (primary N) is 1. The summed E-state index contributed by atoms with van der Waals surface area (Å²) in [6.07, 6.45) is 2.57. The predicted molar refractivity (Wildman–Crippen MR) is 71.1 cm³/mol. The fraction of sp³-hybridized carbons (Fsp3) is 0.0833. The topological polar surface area (TPSA) is 105 Å². The van der Waals surface area contributed by atoms with Crippen LogP contribution in [-0.4, -0.2) is 22.0 Å². The van der Waals surface area contributed by atoms with E-state index in [9.17, 15) is 9.59 Å². The first-order chi connectivity index (χ1) is 9.08. The minimum atomic E-state index is -1.11. The van der Waals surface area contributed by atoms with Crippen molar-refractivity contribution in [2.24, 2.45) is 5.73 Å². The first-order valence-electron chi connectivity index (χ1n) is 5.36. The van der Waals surface area contributed by atoms with E-state index in [2.05, 4.69) is 10.3 Å². The van der Waals surface area contributed by atoms with Crippen molar-refractivity contribution < 1.29 is 14.7 Å². The zero-order chi connectivity index (χ0) is 13.8. The number of nitrogens with zero attached hydrogens (tertiary/aromatic N) is 1. The Morgan fingerprint density at radius 1 is 1.42 bits per heavy atom. The average molecular weight is 277 g/mol. The molecule has 0 aliphatic carbocycles. The van der Waals surface area contributed by atoms with Gasteiger partial charge in [0.05, 0.1) is 17.4 Å². The van der Waals surface area contributed by atoms with Crippen molar-refractivity contribution in [1.29, 1.82) is 0 Å². The number of amides is 1. The highest BCUT2D eigenvalue weighted by molar-refractivity contribution is 7.10. The van der Waals surface area contributed by atoms with Crippen LogP contribution < -0.4 is 11.1 Å². The van der Waals surface area contributed by atoms with Gasteiger partial charge in [0.1, 0.15) is 6.04 Å². The lowest BCUT2D eigenvalue weighted by atomic mass is 10.2. The van der Waals surface area contributed by atoms with Crippen LogP contribution in [0.1, 0.15) is 21.3 Å². The van der Waals surface area contributed by atoms with Gasteiger partial charge in [-0.1, -0.05) is 6.07 Å². The van der Waals surface area contributed by atoms with Crippen molar-refractivity contribution >= 4 is 28.9 Å². The molecule has 0 spiro atoms. The monoisotopic (exact) mass is 277 g/mol. The van der Waals surface area contributed by atoms with Gasteiger partial charge in [0, 0.05) is 11.1 Å². The van der Waals surface area contributed by atoms with Gasteiger partial charge in [-0.2, -0.15) is 0 Å². The molecule has 0 bridgehead atoms. The molecule has 2 aromatic heterocycles. The number of hydrogen-bond acceptors (Lipinski definition) is 5. The summed E-state index contributed by atoms with van der Waals surface area (Å²) >= 11 is 1.38. The molecule has 98 valence electrons. The molecule has 2 heterocycles. The largest absolute Gasteiger partial charge is 0.478 e. The third kappa shape index (κ3) is 3.15. The Balaban J connectivity index is 2.11. The molecule has 6 nitrogen and oxygen atoms in total. The maximum atomic E-state index is 11.9. The Morgan fingerprint density at radius 2 is 2.21 bits per heavy atom. The normalized spacial score (nSPS) is 11.8. The predicted octanol–water partition coefficient (Wildman–Crippen LogP) is 1.48. The smallest absolute Gasteiger partial charge is 0.337 e. The Labute approximate surface area is 112 Å². The fourth-order valence-corrected chi connectivity index (χ4v) is 2.17. The van der Waals surface area contributed by atoms with Gasteiger partial charge >= 0.3 is 5.97 Å². The number of carbonyl (C=O) groups excluding carboxylic acids is 1. The Kier molecular flexibility index (Phi) is 3.88. The van der Waals surface area contributed by atoms with Gasteiger partial charge in [0.15, 0.2) is 0 Å². The Hall–Kier alpha value is -2.25. The summed E-state index contributed by atoms with van der Waals surface area (Å²) < 4.78 is 0. The third-order valence-corrected chi connectivity index (χ3v) is 3.34. The number of rotatable bonds is 4. The Morgan fingerprint density at radius 3 is 2.84 bits per heavy atom. The van der Waals surface area contributed by atoms with Crippen LogP contribution in [0, 0.1) is 0 Å². The molecule has 0 aliphatic rings.